The van der Waals surface area contributed by atoms with Crippen molar-refractivity contribution in [2.75, 3.05) is 0 Å². The zero-order valence-corrected chi connectivity index (χ0v) is 14.2. The number of hydrogen-bond acceptors (Lipinski definition) is 6. The summed E-state index contributed by atoms with van der Waals surface area (Å²) in [6.45, 7) is 5.12. The fraction of sp³-hybridized carbons (Fsp3) is 0.875. The summed E-state index contributed by atoms with van der Waals surface area (Å²) in [6.07, 6.45) is 3.64. The SMILES string of the molecule is CC(C)(C)OC(=O)C(CC1CCCCC1)C(O)C(N)(O)C(N)=O. The number of ether oxygens (including phenoxy) is 1. The van der Waals surface area contributed by atoms with Gasteiger partial charge in [0.2, 0.25) is 5.72 Å². The molecule has 1 rings (SSSR count). The van der Waals surface area contributed by atoms with Crippen LogP contribution >= 0.6 is 0 Å². The van der Waals surface area contributed by atoms with Crippen LogP contribution < -0.4 is 11.5 Å². The molecule has 23 heavy (non-hydrogen) atoms. The van der Waals surface area contributed by atoms with Crippen LogP contribution in [-0.4, -0.2) is 39.5 Å². The minimum absolute atomic E-state index is 0.222. The third kappa shape index (κ3) is 5.75. The number of amides is 1. The van der Waals surface area contributed by atoms with E-state index in [1.165, 1.54) is 0 Å². The van der Waals surface area contributed by atoms with Crippen LogP contribution in [0.1, 0.15) is 59.3 Å². The van der Waals surface area contributed by atoms with Gasteiger partial charge in [-0.15, -0.1) is 0 Å². The number of nitrogens with two attached hydrogens (primary N) is 2. The summed E-state index contributed by atoms with van der Waals surface area (Å²) in [5.41, 5.74) is 7.06. The van der Waals surface area contributed by atoms with E-state index >= 15 is 0 Å². The maximum absolute atomic E-state index is 12.4. The first-order valence-corrected chi connectivity index (χ1v) is 8.17. The number of esters is 1. The molecule has 1 aliphatic carbocycles. The summed E-state index contributed by atoms with van der Waals surface area (Å²) in [7, 11) is 0. The molecular weight excluding hydrogens is 300 g/mol. The van der Waals surface area contributed by atoms with Crippen molar-refractivity contribution in [2.45, 2.75) is 76.7 Å². The molecule has 1 amide bonds. The smallest absolute Gasteiger partial charge is 0.312 e. The third-order valence-corrected chi connectivity index (χ3v) is 4.25. The minimum Gasteiger partial charge on any atom is -0.460 e. The van der Waals surface area contributed by atoms with E-state index in [0.29, 0.717) is 6.42 Å². The summed E-state index contributed by atoms with van der Waals surface area (Å²) in [5, 5.41) is 20.3. The normalized spacial score (nSPS) is 22.0. The Balaban J connectivity index is 2.94. The summed E-state index contributed by atoms with van der Waals surface area (Å²) in [4.78, 5) is 23.7. The van der Waals surface area contributed by atoms with Crippen molar-refractivity contribution >= 4 is 11.9 Å². The zero-order chi connectivity index (χ0) is 17.8. The van der Waals surface area contributed by atoms with Gasteiger partial charge in [0.05, 0.1) is 5.92 Å². The highest BCUT2D eigenvalue weighted by Crippen LogP contribution is 2.32. The second-order valence-electron chi connectivity index (χ2n) is 7.51. The Labute approximate surface area is 137 Å². The number of hydrogen-bond donors (Lipinski definition) is 4. The fourth-order valence-electron chi connectivity index (χ4n) is 2.97. The molecule has 0 radical (unpaired) electrons. The van der Waals surface area contributed by atoms with Crippen molar-refractivity contribution in [3.63, 3.8) is 0 Å². The zero-order valence-electron chi connectivity index (χ0n) is 14.2. The van der Waals surface area contributed by atoms with Crippen molar-refractivity contribution in [1.29, 1.82) is 0 Å². The minimum atomic E-state index is -2.67. The lowest BCUT2D eigenvalue weighted by atomic mass is 9.79. The average molecular weight is 330 g/mol. The second-order valence-corrected chi connectivity index (χ2v) is 7.51. The van der Waals surface area contributed by atoms with Crippen LogP contribution in [-0.2, 0) is 14.3 Å². The highest BCUT2D eigenvalue weighted by Gasteiger charge is 2.47. The molecule has 6 N–H and O–H groups in total. The number of carbonyl (C=O) groups excluding carboxylic acids is 2. The molecule has 0 spiro atoms. The van der Waals surface area contributed by atoms with Crippen LogP contribution in [0.5, 0.6) is 0 Å². The van der Waals surface area contributed by atoms with Crippen molar-refractivity contribution in [3.8, 4) is 0 Å². The van der Waals surface area contributed by atoms with Crippen molar-refractivity contribution in [2.24, 2.45) is 23.3 Å². The van der Waals surface area contributed by atoms with Gasteiger partial charge in [0.25, 0.3) is 5.91 Å². The molecule has 0 aromatic heterocycles. The van der Waals surface area contributed by atoms with Crippen LogP contribution in [0.3, 0.4) is 0 Å². The average Bonchev–Trinajstić information content (AvgIpc) is 2.43. The monoisotopic (exact) mass is 330 g/mol. The number of rotatable bonds is 6. The molecule has 134 valence electrons. The summed E-state index contributed by atoms with van der Waals surface area (Å²) in [6, 6.07) is 0. The quantitative estimate of drug-likeness (QED) is 0.411. The summed E-state index contributed by atoms with van der Waals surface area (Å²) in [5.74, 6) is -2.83. The largest absolute Gasteiger partial charge is 0.460 e. The summed E-state index contributed by atoms with van der Waals surface area (Å²) < 4.78 is 5.32. The van der Waals surface area contributed by atoms with Crippen LogP contribution in [0.4, 0.5) is 0 Å². The Morgan fingerprint density at radius 2 is 1.74 bits per heavy atom. The Morgan fingerprint density at radius 1 is 1.22 bits per heavy atom. The Kier molecular flexibility index (Phi) is 6.56. The molecule has 0 aliphatic heterocycles. The number of carbonyl (C=O) groups is 2. The van der Waals surface area contributed by atoms with E-state index < -0.39 is 35.2 Å². The lowest BCUT2D eigenvalue weighted by molar-refractivity contribution is -0.177. The molecule has 1 aliphatic rings. The van der Waals surface area contributed by atoms with E-state index in [9.17, 15) is 19.8 Å². The van der Waals surface area contributed by atoms with Crippen molar-refractivity contribution in [1.82, 2.24) is 0 Å². The van der Waals surface area contributed by atoms with Gasteiger partial charge in [-0.25, -0.2) is 0 Å². The molecule has 0 aromatic rings. The highest BCUT2D eigenvalue weighted by molar-refractivity contribution is 5.84. The number of aliphatic hydroxyl groups excluding tert-OH is 1. The Bertz CT molecular complexity index is 425. The molecule has 1 saturated carbocycles. The predicted octanol–water partition coefficient (Wildman–Crippen LogP) is 0.408. The molecule has 1 fully saturated rings. The number of aliphatic hydroxyl groups is 2. The van der Waals surface area contributed by atoms with E-state index in [-0.39, 0.29) is 5.92 Å². The van der Waals surface area contributed by atoms with E-state index in [0.717, 1.165) is 32.1 Å². The fourth-order valence-corrected chi connectivity index (χ4v) is 2.97. The van der Waals surface area contributed by atoms with Gasteiger partial charge >= 0.3 is 5.97 Å². The van der Waals surface area contributed by atoms with Gasteiger partial charge < -0.3 is 20.7 Å². The lowest BCUT2D eigenvalue weighted by Crippen LogP contribution is -2.63. The summed E-state index contributed by atoms with van der Waals surface area (Å²) >= 11 is 0. The third-order valence-electron chi connectivity index (χ3n) is 4.25. The second kappa shape index (κ2) is 7.59. The lowest BCUT2D eigenvalue weighted by Gasteiger charge is -2.35. The van der Waals surface area contributed by atoms with Gasteiger partial charge in [-0.05, 0) is 33.1 Å². The topological polar surface area (TPSA) is 136 Å². The van der Waals surface area contributed by atoms with E-state index in [1.807, 2.05) is 0 Å². The predicted molar refractivity (Wildman–Crippen MR) is 84.9 cm³/mol. The Hall–Kier alpha value is -1.18. The molecule has 0 heterocycles. The molecule has 3 atom stereocenters. The van der Waals surface area contributed by atoms with Gasteiger partial charge in [0, 0.05) is 0 Å². The molecule has 0 saturated heterocycles. The molecule has 7 nitrogen and oxygen atoms in total. The van der Waals surface area contributed by atoms with Crippen LogP contribution in [0.25, 0.3) is 0 Å². The molecule has 3 unspecified atom stereocenters. The van der Waals surface area contributed by atoms with Crippen molar-refractivity contribution < 1.29 is 24.5 Å². The van der Waals surface area contributed by atoms with Crippen LogP contribution in [0.2, 0.25) is 0 Å². The van der Waals surface area contributed by atoms with Crippen molar-refractivity contribution in [3.05, 3.63) is 0 Å². The van der Waals surface area contributed by atoms with Crippen LogP contribution in [0.15, 0.2) is 0 Å². The first-order chi connectivity index (χ1) is 10.4. The maximum Gasteiger partial charge on any atom is 0.312 e. The van der Waals surface area contributed by atoms with E-state index in [4.69, 9.17) is 16.2 Å². The first kappa shape index (κ1) is 19.9. The van der Waals surface area contributed by atoms with Gasteiger partial charge in [0.15, 0.2) is 0 Å². The molecule has 0 aromatic carbocycles. The standard InChI is InChI=1S/C16H30N2O5/c1-15(2,3)23-13(20)11(9-10-7-5-4-6-8-10)12(19)16(18,22)14(17)21/h10-12,19,22H,4-9,18H2,1-3H3,(H2,17,21). The van der Waals surface area contributed by atoms with Gasteiger partial charge in [-0.1, -0.05) is 32.1 Å². The van der Waals surface area contributed by atoms with Crippen LogP contribution in [0, 0.1) is 11.8 Å². The molecular formula is C16H30N2O5. The van der Waals surface area contributed by atoms with E-state index in [2.05, 4.69) is 0 Å². The number of primary amides is 1. The van der Waals surface area contributed by atoms with E-state index in [1.54, 1.807) is 20.8 Å². The van der Waals surface area contributed by atoms with Gasteiger partial charge in [0.1, 0.15) is 11.7 Å². The highest BCUT2D eigenvalue weighted by atomic mass is 16.6. The molecule has 0 bridgehead atoms. The first-order valence-electron chi connectivity index (χ1n) is 8.17. The van der Waals surface area contributed by atoms with Gasteiger partial charge in [-0.2, -0.15) is 0 Å². The maximum atomic E-state index is 12.4. The Morgan fingerprint density at radius 3 is 2.17 bits per heavy atom. The molecule has 7 heteroatoms. The van der Waals surface area contributed by atoms with Gasteiger partial charge in [-0.3, -0.25) is 15.3 Å².